The Hall–Kier alpha value is -2.30. The maximum absolute atomic E-state index is 12.9. The molecule has 0 aliphatic heterocycles. The number of benzene rings is 2. The molecule has 0 heterocycles. The van der Waals surface area contributed by atoms with Crippen LogP contribution in [0.4, 0.5) is 25.8 Å². The molecule has 0 aliphatic carbocycles. The van der Waals surface area contributed by atoms with E-state index in [1.54, 1.807) is 43.5 Å². The first-order valence-electron chi connectivity index (χ1n) is 5.69. The van der Waals surface area contributed by atoms with Gasteiger partial charge in [-0.3, -0.25) is 0 Å². The lowest BCUT2D eigenvalue weighted by Gasteiger charge is -2.12. The second kappa shape index (κ2) is 5.56. The largest absolute Gasteiger partial charge is 0.497 e. The van der Waals surface area contributed by atoms with E-state index in [-0.39, 0.29) is 5.56 Å². The molecule has 0 aromatic heterocycles. The standard InChI is InChI=1S/C14H14F2N2O/c1-19-11-5-3-10(4-6-11)18-13-7-2-9(17)8-12(13)14(15)16/h2-8,14,18H,17H2,1H3. The lowest BCUT2D eigenvalue weighted by atomic mass is 10.1. The molecule has 0 radical (unpaired) electrons. The molecule has 2 rings (SSSR count). The lowest BCUT2D eigenvalue weighted by Crippen LogP contribution is -1.98. The molecule has 0 amide bonds. The molecule has 0 atom stereocenters. The van der Waals surface area contributed by atoms with Crippen molar-refractivity contribution in [2.75, 3.05) is 18.2 Å². The molecule has 0 aliphatic rings. The zero-order chi connectivity index (χ0) is 13.8. The molecule has 3 N–H and O–H groups in total. The van der Waals surface area contributed by atoms with Gasteiger partial charge in [0, 0.05) is 22.6 Å². The third kappa shape index (κ3) is 3.13. The van der Waals surface area contributed by atoms with Gasteiger partial charge >= 0.3 is 0 Å². The first kappa shape index (κ1) is 13.1. The monoisotopic (exact) mass is 264 g/mol. The van der Waals surface area contributed by atoms with Gasteiger partial charge in [-0.25, -0.2) is 8.78 Å². The van der Waals surface area contributed by atoms with E-state index in [1.807, 2.05) is 0 Å². The molecule has 2 aromatic carbocycles. The second-order valence-corrected chi connectivity index (χ2v) is 4.00. The maximum atomic E-state index is 12.9. The highest BCUT2D eigenvalue weighted by Gasteiger charge is 2.13. The van der Waals surface area contributed by atoms with Crippen LogP contribution in [0.3, 0.4) is 0 Å². The van der Waals surface area contributed by atoms with E-state index in [9.17, 15) is 8.78 Å². The van der Waals surface area contributed by atoms with Crippen molar-refractivity contribution < 1.29 is 13.5 Å². The summed E-state index contributed by atoms with van der Waals surface area (Å²) >= 11 is 0. The molecular weight excluding hydrogens is 250 g/mol. The minimum Gasteiger partial charge on any atom is -0.497 e. The van der Waals surface area contributed by atoms with Crippen LogP contribution in [0.15, 0.2) is 42.5 Å². The fourth-order valence-corrected chi connectivity index (χ4v) is 1.71. The molecule has 0 fully saturated rings. The number of rotatable bonds is 4. The van der Waals surface area contributed by atoms with Gasteiger partial charge in [-0.2, -0.15) is 0 Å². The van der Waals surface area contributed by atoms with Crippen LogP contribution in [0.5, 0.6) is 5.75 Å². The van der Waals surface area contributed by atoms with Crippen molar-refractivity contribution in [2.24, 2.45) is 0 Å². The summed E-state index contributed by atoms with van der Waals surface area (Å²) in [5.41, 5.74) is 6.76. The van der Waals surface area contributed by atoms with Gasteiger partial charge in [0.1, 0.15) is 5.75 Å². The van der Waals surface area contributed by atoms with Gasteiger partial charge in [-0.05, 0) is 42.5 Å². The highest BCUT2D eigenvalue weighted by molar-refractivity contribution is 5.66. The number of hydrogen-bond acceptors (Lipinski definition) is 3. The Morgan fingerprint density at radius 3 is 2.37 bits per heavy atom. The Balaban J connectivity index is 2.26. The van der Waals surface area contributed by atoms with Crippen molar-refractivity contribution in [3.63, 3.8) is 0 Å². The summed E-state index contributed by atoms with van der Waals surface area (Å²) in [5, 5.41) is 2.94. The van der Waals surface area contributed by atoms with Crippen LogP contribution in [0, 0.1) is 0 Å². The number of hydrogen-bond donors (Lipinski definition) is 2. The van der Waals surface area contributed by atoms with E-state index in [2.05, 4.69) is 5.32 Å². The zero-order valence-electron chi connectivity index (χ0n) is 10.4. The number of nitrogens with one attached hydrogen (secondary N) is 1. The predicted octanol–water partition coefficient (Wildman–Crippen LogP) is 3.96. The van der Waals surface area contributed by atoms with Crippen molar-refractivity contribution in [3.8, 4) is 5.75 Å². The molecule has 0 bridgehead atoms. The van der Waals surface area contributed by atoms with Gasteiger partial charge in [0.2, 0.25) is 0 Å². The summed E-state index contributed by atoms with van der Waals surface area (Å²) in [6, 6.07) is 11.4. The van der Waals surface area contributed by atoms with Gasteiger partial charge in [-0.15, -0.1) is 0 Å². The van der Waals surface area contributed by atoms with Crippen molar-refractivity contribution in [1.29, 1.82) is 0 Å². The Bertz CT molecular complexity index is 556. The zero-order valence-corrected chi connectivity index (χ0v) is 10.4. The molecular formula is C14H14F2N2O. The molecule has 0 saturated carbocycles. The summed E-state index contributed by atoms with van der Waals surface area (Å²) in [5.74, 6) is 0.705. The number of alkyl halides is 2. The van der Waals surface area contributed by atoms with Crippen molar-refractivity contribution >= 4 is 17.1 Å². The van der Waals surface area contributed by atoms with Crippen LogP contribution < -0.4 is 15.8 Å². The van der Waals surface area contributed by atoms with Crippen LogP contribution in [0.2, 0.25) is 0 Å². The van der Waals surface area contributed by atoms with Crippen molar-refractivity contribution in [3.05, 3.63) is 48.0 Å². The third-order valence-electron chi connectivity index (χ3n) is 2.68. The van der Waals surface area contributed by atoms with E-state index >= 15 is 0 Å². The molecule has 0 saturated heterocycles. The smallest absolute Gasteiger partial charge is 0.265 e. The number of anilines is 3. The van der Waals surface area contributed by atoms with Crippen LogP contribution in [-0.2, 0) is 0 Å². The Kier molecular flexibility index (Phi) is 3.85. The number of nitrogens with two attached hydrogens (primary N) is 1. The molecule has 0 spiro atoms. The number of nitrogen functional groups attached to an aromatic ring is 1. The number of halogens is 2. The van der Waals surface area contributed by atoms with Gasteiger partial charge in [-0.1, -0.05) is 0 Å². The minimum absolute atomic E-state index is 0.115. The van der Waals surface area contributed by atoms with E-state index in [0.717, 1.165) is 0 Å². The first-order chi connectivity index (χ1) is 9.10. The predicted molar refractivity (Wildman–Crippen MR) is 72.1 cm³/mol. The maximum Gasteiger partial charge on any atom is 0.265 e. The third-order valence-corrected chi connectivity index (χ3v) is 2.68. The fraction of sp³-hybridized carbons (Fsp3) is 0.143. The number of ether oxygens (including phenoxy) is 1. The molecule has 3 nitrogen and oxygen atoms in total. The summed E-state index contributed by atoms with van der Waals surface area (Å²) in [7, 11) is 1.57. The van der Waals surface area contributed by atoms with Gasteiger partial charge < -0.3 is 15.8 Å². The van der Waals surface area contributed by atoms with Crippen molar-refractivity contribution in [1.82, 2.24) is 0 Å². The number of methoxy groups -OCH3 is 1. The van der Waals surface area contributed by atoms with E-state index in [4.69, 9.17) is 10.5 Å². The summed E-state index contributed by atoms with van der Waals surface area (Å²) in [4.78, 5) is 0. The summed E-state index contributed by atoms with van der Waals surface area (Å²) < 4.78 is 30.9. The highest BCUT2D eigenvalue weighted by atomic mass is 19.3. The molecule has 2 aromatic rings. The molecule has 19 heavy (non-hydrogen) atoms. The quantitative estimate of drug-likeness (QED) is 0.822. The SMILES string of the molecule is COc1ccc(Nc2ccc(N)cc2C(F)F)cc1. The molecule has 5 heteroatoms. The summed E-state index contributed by atoms with van der Waals surface area (Å²) in [6.45, 7) is 0. The highest BCUT2D eigenvalue weighted by Crippen LogP contribution is 2.31. The summed E-state index contributed by atoms with van der Waals surface area (Å²) in [6.07, 6.45) is -2.58. The average molecular weight is 264 g/mol. The topological polar surface area (TPSA) is 47.3 Å². The Morgan fingerprint density at radius 1 is 1.11 bits per heavy atom. The van der Waals surface area contributed by atoms with E-state index in [1.165, 1.54) is 6.07 Å². The van der Waals surface area contributed by atoms with Gasteiger partial charge in [0.25, 0.3) is 6.43 Å². The van der Waals surface area contributed by atoms with E-state index < -0.39 is 6.43 Å². The minimum atomic E-state index is -2.58. The van der Waals surface area contributed by atoms with Crippen LogP contribution in [0.25, 0.3) is 0 Å². The van der Waals surface area contributed by atoms with Crippen molar-refractivity contribution in [2.45, 2.75) is 6.43 Å². The van der Waals surface area contributed by atoms with Crippen LogP contribution in [-0.4, -0.2) is 7.11 Å². The Labute approximate surface area is 110 Å². The van der Waals surface area contributed by atoms with Gasteiger partial charge in [0.15, 0.2) is 0 Å². The normalized spacial score (nSPS) is 10.5. The van der Waals surface area contributed by atoms with Crippen LogP contribution >= 0.6 is 0 Å². The van der Waals surface area contributed by atoms with E-state index in [0.29, 0.717) is 22.8 Å². The van der Waals surface area contributed by atoms with Gasteiger partial charge in [0.05, 0.1) is 7.11 Å². The van der Waals surface area contributed by atoms with Crippen LogP contribution in [0.1, 0.15) is 12.0 Å². The molecule has 100 valence electrons. The Morgan fingerprint density at radius 2 is 1.79 bits per heavy atom. The second-order valence-electron chi connectivity index (χ2n) is 4.00. The lowest BCUT2D eigenvalue weighted by molar-refractivity contribution is 0.152. The average Bonchev–Trinajstić information content (AvgIpc) is 2.41. The fourth-order valence-electron chi connectivity index (χ4n) is 1.71. The molecule has 0 unspecified atom stereocenters. The first-order valence-corrected chi connectivity index (χ1v) is 5.69.